The van der Waals surface area contributed by atoms with Crippen molar-refractivity contribution in [3.05, 3.63) is 28.7 Å². The lowest BCUT2D eigenvalue weighted by Gasteiger charge is -2.15. The van der Waals surface area contributed by atoms with Crippen LogP contribution in [0.3, 0.4) is 0 Å². The van der Waals surface area contributed by atoms with Crippen LogP contribution in [-0.2, 0) is 6.54 Å². The molecule has 0 unspecified atom stereocenters. The Bertz CT molecular complexity index is 877. The molecule has 1 N–H and O–H groups in total. The normalized spacial score (nSPS) is 11.3. The van der Waals surface area contributed by atoms with Crippen molar-refractivity contribution in [2.75, 3.05) is 20.8 Å². The number of alkyl halides is 3. The highest BCUT2D eigenvalue weighted by molar-refractivity contribution is 5.92. The smallest absolute Gasteiger partial charge is 0.412 e. The molecule has 7 nitrogen and oxygen atoms in total. The van der Waals surface area contributed by atoms with Crippen molar-refractivity contribution in [3.63, 3.8) is 0 Å². The number of ether oxygens (including phenoxy) is 3. The zero-order valence-corrected chi connectivity index (χ0v) is 14.3. The molecular weight excluding hydrogens is 357 g/mol. The van der Waals surface area contributed by atoms with Crippen LogP contribution in [0.2, 0.25) is 0 Å². The monoisotopic (exact) mass is 374 g/mol. The number of carbonyl (C=O) groups is 1. The lowest BCUT2D eigenvalue weighted by atomic mass is 10.1. The van der Waals surface area contributed by atoms with Crippen LogP contribution >= 0.6 is 0 Å². The topological polar surface area (TPSA) is 78.8 Å². The minimum atomic E-state index is -4.57. The Balaban J connectivity index is 2.52. The number of carbonyl (C=O) groups excluding carboxylic acids is 1. The summed E-state index contributed by atoms with van der Waals surface area (Å²) < 4.78 is 53.2. The number of halogens is 3. The lowest BCUT2D eigenvalue weighted by Crippen LogP contribution is -2.35. The van der Waals surface area contributed by atoms with E-state index in [2.05, 4.69) is 0 Å². The highest BCUT2D eigenvalue weighted by Crippen LogP contribution is 2.34. The van der Waals surface area contributed by atoms with Gasteiger partial charge in [0.2, 0.25) is 0 Å². The first-order valence-electron chi connectivity index (χ1n) is 7.51. The molecule has 0 saturated carbocycles. The van der Waals surface area contributed by atoms with Gasteiger partial charge in [-0.2, -0.15) is 13.2 Å². The van der Waals surface area contributed by atoms with E-state index in [1.165, 1.54) is 37.1 Å². The largest absolute Gasteiger partial charge is 0.493 e. The summed E-state index contributed by atoms with van der Waals surface area (Å²) in [6.45, 7) is 0.430. The van der Waals surface area contributed by atoms with Gasteiger partial charge < -0.3 is 24.1 Å². The predicted octanol–water partition coefficient (Wildman–Crippen LogP) is 2.69. The second-order valence-electron chi connectivity index (χ2n) is 5.20. The number of rotatable bonds is 5. The molecule has 0 spiro atoms. The minimum Gasteiger partial charge on any atom is -0.493 e. The van der Waals surface area contributed by atoms with E-state index >= 15 is 0 Å². The van der Waals surface area contributed by atoms with E-state index in [9.17, 15) is 22.8 Å². The third kappa shape index (κ3) is 4.19. The van der Waals surface area contributed by atoms with Crippen LogP contribution in [0.25, 0.3) is 10.8 Å². The molecule has 142 valence electrons. The van der Waals surface area contributed by atoms with E-state index in [1.54, 1.807) is 12.2 Å². The molecule has 0 radical (unpaired) electrons. The van der Waals surface area contributed by atoms with Gasteiger partial charge in [0, 0.05) is 11.9 Å². The minimum absolute atomic E-state index is 0.0814. The van der Waals surface area contributed by atoms with Gasteiger partial charge in [0.1, 0.15) is 6.54 Å². The van der Waals surface area contributed by atoms with Gasteiger partial charge in [-0.3, -0.25) is 4.79 Å². The van der Waals surface area contributed by atoms with Gasteiger partial charge in [-0.1, -0.05) is 0 Å². The molecule has 0 atom stereocenters. The predicted molar refractivity (Wildman–Crippen MR) is 87.1 cm³/mol. The van der Waals surface area contributed by atoms with Crippen LogP contribution in [0.4, 0.5) is 18.0 Å². The Labute approximate surface area is 146 Å². The van der Waals surface area contributed by atoms with Crippen molar-refractivity contribution in [2.24, 2.45) is 0 Å². The average Bonchev–Trinajstić information content (AvgIpc) is 2.60. The molecule has 1 amide bonds. The Morgan fingerprint density at radius 3 is 2.19 bits per heavy atom. The Morgan fingerprint density at radius 1 is 1.12 bits per heavy atom. The van der Waals surface area contributed by atoms with Gasteiger partial charge in [0.15, 0.2) is 17.2 Å². The summed E-state index contributed by atoms with van der Waals surface area (Å²) in [4.78, 5) is 24.2. The molecule has 1 aromatic heterocycles. The molecule has 1 aromatic carbocycles. The molecule has 2 rings (SSSR count). The number of fused-ring (bicyclic) bond motifs is 1. The van der Waals surface area contributed by atoms with Gasteiger partial charge in [-0.15, -0.1) is 0 Å². The molecule has 0 fully saturated rings. The lowest BCUT2D eigenvalue weighted by molar-refractivity contribution is -0.123. The van der Waals surface area contributed by atoms with Crippen LogP contribution in [0.15, 0.2) is 23.1 Å². The number of hydrogen-bond acceptors (Lipinski definition) is 5. The van der Waals surface area contributed by atoms with Crippen molar-refractivity contribution in [1.82, 2.24) is 9.88 Å². The van der Waals surface area contributed by atoms with Gasteiger partial charge in [-0.05, 0) is 19.1 Å². The number of hydrogen-bond donors (Lipinski definition) is 1. The number of methoxy groups -OCH3 is 2. The fraction of sp³-hybridized carbons (Fsp3) is 0.375. The van der Waals surface area contributed by atoms with Gasteiger partial charge in [-0.25, -0.2) is 4.79 Å². The molecule has 1 heterocycles. The fourth-order valence-corrected chi connectivity index (χ4v) is 2.31. The van der Waals surface area contributed by atoms with Crippen molar-refractivity contribution >= 4 is 16.9 Å². The van der Waals surface area contributed by atoms with Gasteiger partial charge >= 0.3 is 12.3 Å². The van der Waals surface area contributed by atoms with E-state index in [0.29, 0.717) is 5.75 Å². The summed E-state index contributed by atoms with van der Waals surface area (Å²) in [7, 11) is 2.78. The summed E-state index contributed by atoms with van der Waals surface area (Å²) in [5, 5.41) is 1.99. The van der Waals surface area contributed by atoms with Gasteiger partial charge in [0.25, 0.3) is 5.56 Å². The first-order chi connectivity index (χ1) is 12.2. The SMILES string of the molecule is CCn1cc(OC(=O)NCC(F)(F)F)c2cc(OC)c(OC)cc2c1=O. The van der Waals surface area contributed by atoms with E-state index in [-0.39, 0.29) is 34.4 Å². The zero-order valence-electron chi connectivity index (χ0n) is 14.3. The summed E-state index contributed by atoms with van der Waals surface area (Å²) in [5.41, 5.74) is -0.369. The number of aromatic nitrogens is 1. The van der Waals surface area contributed by atoms with Crippen LogP contribution < -0.4 is 25.1 Å². The van der Waals surface area contributed by atoms with Crippen molar-refractivity contribution < 1.29 is 32.2 Å². The van der Waals surface area contributed by atoms with Crippen molar-refractivity contribution in [1.29, 1.82) is 0 Å². The molecule has 0 bridgehead atoms. The maximum Gasteiger partial charge on any atom is 0.412 e. The number of pyridine rings is 1. The molecular formula is C16H17F3N2O5. The third-order valence-corrected chi connectivity index (χ3v) is 3.53. The second-order valence-corrected chi connectivity index (χ2v) is 5.20. The van der Waals surface area contributed by atoms with E-state index in [0.717, 1.165) is 0 Å². The number of nitrogens with zero attached hydrogens (tertiary/aromatic N) is 1. The molecule has 0 saturated heterocycles. The molecule has 0 aliphatic carbocycles. The summed E-state index contributed by atoms with van der Waals surface area (Å²) in [6.07, 6.45) is -4.61. The summed E-state index contributed by atoms with van der Waals surface area (Å²) in [6, 6.07) is 2.84. The molecule has 26 heavy (non-hydrogen) atoms. The first-order valence-corrected chi connectivity index (χ1v) is 7.51. The van der Waals surface area contributed by atoms with Crippen LogP contribution in [-0.4, -0.2) is 37.6 Å². The molecule has 2 aromatic rings. The van der Waals surface area contributed by atoms with E-state index in [4.69, 9.17) is 14.2 Å². The summed E-state index contributed by atoms with van der Waals surface area (Å²) >= 11 is 0. The second kappa shape index (κ2) is 7.54. The van der Waals surface area contributed by atoms with Crippen LogP contribution in [0.5, 0.6) is 17.2 Å². The van der Waals surface area contributed by atoms with Gasteiger partial charge in [0.05, 0.1) is 25.8 Å². The highest BCUT2D eigenvalue weighted by Gasteiger charge is 2.28. The molecule has 0 aliphatic rings. The zero-order chi connectivity index (χ0) is 19.5. The third-order valence-electron chi connectivity index (χ3n) is 3.53. The highest BCUT2D eigenvalue weighted by atomic mass is 19.4. The Morgan fingerprint density at radius 2 is 1.69 bits per heavy atom. The molecule has 10 heteroatoms. The van der Waals surface area contributed by atoms with E-state index < -0.39 is 18.8 Å². The van der Waals surface area contributed by atoms with Crippen LogP contribution in [0.1, 0.15) is 6.92 Å². The number of amides is 1. The van der Waals surface area contributed by atoms with E-state index in [1.807, 2.05) is 0 Å². The molecule has 0 aliphatic heterocycles. The maximum atomic E-state index is 12.5. The number of aryl methyl sites for hydroxylation is 1. The Hall–Kier alpha value is -2.91. The van der Waals surface area contributed by atoms with Crippen molar-refractivity contribution in [3.8, 4) is 17.2 Å². The number of benzene rings is 1. The standard InChI is InChI=1S/C16H17F3N2O5/c1-4-21-7-13(26-15(23)20-8-16(17,18)19)9-5-11(24-2)12(25-3)6-10(9)14(21)22/h5-7H,4,8H2,1-3H3,(H,20,23). The maximum absolute atomic E-state index is 12.5. The summed E-state index contributed by atoms with van der Waals surface area (Å²) in [5.74, 6) is 0.481. The number of nitrogens with one attached hydrogen (secondary N) is 1. The quantitative estimate of drug-likeness (QED) is 0.871. The van der Waals surface area contributed by atoms with Crippen molar-refractivity contribution in [2.45, 2.75) is 19.6 Å². The first kappa shape index (κ1) is 19.4. The fourth-order valence-electron chi connectivity index (χ4n) is 2.31. The average molecular weight is 374 g/mol. The van der Waals surface area contributed by atoms with Crippen LogP contribution in [0, 0.1) is 0 Å². The Kier molecular flexibility index (Phi) is 5.63.